The second-order valence-electron chi connectivity index (χ2n) is 5.63. The molecule has 1 aliphatic heterocycles. The summed E-state index contributed by atoms with van der Waals surface area (Å²) < 4.78 is 5.21. The van der Waals surface area contributed by atoms with Gasteiger partial charge in [-0.3, -0.25) is 5.43 Å². The van der Waals surface area contributed by atoms with Crippen LogP contribution in [0.1, 0.15) is 18.9 Å². The van der Waals surface area contributed by atoms with Gasteiger partial charge in [0, 0.05) is 12.2 Å². The first kappa shape index (κ1) is 17.3. The zero-order valence-corrected chi connectivity index (χ0v) is 14.8. The van der Waals surface area contributed by atoms with E-state index in [4.69, 9.17) is 16.3 Å². The van der Waals surface area contributed by atoms with E-state index in [9.17, 15) is 4.79 Å². The Bertz CT molecular complexity index is 792. The van der Waals surface area contributed by atoms with Crippen LogP contribution in [-0.4, -0.2) is 25.0 Å². The van der Waals surface area contributed by atoms with Gasteiger partial charge in [0.1, 0.15) is 0 Å². The quantitative estimate of drug-likeness (QED) is 0.389. The van der Waals surface area contributed by atoms with E-state index in [1.807, 2.05) is 35.2 Å². The highest BCUT2D eigenvalue weighted by Gasteiger charge is 2.26. The molecule has 25 heavy (non-hydrogen) atoms. The van der Waals surface area contributed by atoms with Crippen LogP contribution in [0.5, 0.6) is 0 Å². The molecule has 0 saturated carbocycles. The molecule has 2 aromatic carbocycles. The van der Waals surface area contributed by atoms with Gasteiger partial charge in [-0.25, -0.2) is 4.79 Å². The molecule has 1 N–H and O–H groups in total. The molecule has 5 nitrogen and oxygen atoms in total. The summed E-state index contributed by atoms with van der Waals surface area (Å²) in [7, 11) is 0. The normalized spacial score (nSPS) is 14.0. The van der Waals surface area contributed by atoms with Gasteiger partial charge in [0.05, 0.1) is 17.3 Å². The van der Waals surface area contributed by atoms with Gasteiger partial charge in [-0.2, -0.15) is 0 Å². The van der Waals surface area contributed by atoms with E-state index in [1.165, 1.54) is 5.56 Å². The third kappa shape index (κ3) is 3.94. The maximum Gasteiger partial charge on any atom is 0.376 e. The Hall–Kier alpha value is -2.53. The summed E-state index contributed by atoms with van der Waals surface area (Å²) in [6.07, 6.45) is 1.93. The number of para-hydroxylation sites is 2. The molecule has 0 radical (unpaired) electrons. The molecule has 130 valence electrons. The lowest BCUT2D eigenvalue weighted by atomic mass is 10.0. The molecule has 1 heterocycles. The number of benzene rings is 2. The maximum absolute atomic E-state index is 12.5. The van der Waals surface area contributed by atoms with Crippen molar-refractivity contribution in [2.45, 2.75) is 19.8 Å². The van der Waals surface area contributed by atoms with Gasteiger partial charge in [0.15, 0.2) is 0 Å². The first-order valence-corrected chi connectivity index (χ1v) is 8.69. The summed E-state index contributed by atoms with van der Waals surface area (Å²) in [5.41, 5.74) is 5.71. The fraction of sp³-hybridized carbons (Fsp3) is 0.263. The predicted molar refractivity (Wildman–Crippen MR) is 101 cm³/mol. The number of carbonyl (C=O) groups excluding carboxylic acids is 1. The highest BCUT2D eigenvalue weighted by molar-refractivity contribution is 6.41. The monoisotopic (exact) mass is 357 g/mol. The van der Waals surface area contributed by atoms with E-state index in [2.05, 4.69) is 16.6 Å². The van der Waals surface area contributed by atoms with Crippen LogP contribution in [0.4, 0.5) is 11.4 Å². The van der Waals surface area contributed by atoms with Crippen LogP contribution in [0.2, 0.25) is 5.02 Å². The molecule has 0 amide bonds. The molecule has 0 bridgehead atoms. The smallest absolute Gasteiger partial charge is 0.376 e. The molecule has 0 spiro atoms. The number of hydrazone groups is 1. The lowest BCUT2D eigenvalue weighted by Crippen LogP contribution is -2.41. The summed E-state index contributed by atoms with van der Waals surface area (Å²) in [5.74, 6) is -0.229. The van der Waals surface area contributed by atoms with E-state index < -0.39 is 5.97 Å². The van der Waals surface area contributed by atoms with Crippen molar-refractivity contribution in [3.63, 3.8) is 0 Å². The number of nitrogens with zero attached hydrogens (tertiary/aromatic N) is 2. The minimum absolute atomic E-state index is 0.230. The summed E-state index contributed by atoms with van der Waals surface area (Å²) in [6, 6.07) is 15.3. The van der Waals surface area contributed by atoms with Gasteiger partial charge in [-0.1, -0.05) is 41.9 Å². The lowest BCUT2D eigenvalue weighted by Gasteiger charge is -2.30. The van der Waals surface area contributed by atoms with Crippen LogP contribution in [-0.2, 0) is 16.0 Å². The highest BCUT2D eigenvalue weighted by atomic mass is 35.5. The Morgan fingerprint density at radius 2 is 2.00 bits per heavy atom. The fourth-order valence-corrected chi connectivity index (χ4v) is 3.01. The lowest BCUT2D eigenvalue weighted by molar-refractivity contribution is -0.135. The molecule has 0 unspecified atom stereocenters. The molecule has 3 rings (SSSR count). The van der Waals surface area contributed by atoms with Crippen molar-refractivity contribution in [3.05, 3.63) is 59.1 Å². The van der Waals surface area contributed by atoms with Gasteiger partial charge >= 0.3 is 5.97 Å². The SMILES string of the molecule is CCOC(=O)C(=NNc1ccccc1Cl)N1CCCc2ccccc21. The number of rotatable bonds is 3. The van der Waals surface area contributed by atoms with E-state index in [0.29, 0.717) is 23.9 Å². The zero-order chi connectivity index (χ0) is 17.6. The Labute approximate surface area is 152 Å². The topological polar surface area (TPSA) is 53.9 Å². The van der Waals surface area contributed by atoms with Crippen LogP contribution in [0.25, 0.3) is 0 Å². The third-order valence-corrected chi connectivity index (χ3v) is 4.31. The van der Waals surface area contributed by atoms with Crippen LogP contribution in [0, 0.1) is 0 Å². The van der Waals surface area contributed by atoms with Crippen molar-refractivity contribution >= 4 is 34.8 Å². The average molecular weight is 358 g/mol. The average Bonchev–Trinajstić information content (AvgIpc) is 2.64. The van der Waals surface area contributed by atoms with Gasteiger partial charge in [0.2, 0.25) is 5.84 Å². The van der Waals surface area contributed by atoms with Crippen molar-refractivity contribution in [2.75, 3.05) is 23.5 Å². The third-order valence-electron chi connectivity index (χ3n) is 3.98. The maximum atomic E-state index is 12.5. The van der Waals surface area contributed by atoms with Crippen molar-refractivity contribution in [3.8, 4) is 0 Å². The zero-order valence-electron chi connectivity index (χ0n) is 14.0. The van der Waals surface area contributed by atoms with E-state index >= 15 is 0 Å². The Morgan fingerprint density at radius 3 is 2.80 bits per heavy atom. The predicted octanol–water partition coefficient (Wildman–Crippen LogP) is 4.08. The number of anilines is 2. The second-order valence-corrected chi connectivity index (χ2v) is 6.04. The number of hydrogen-bond donors (Lipinski definition) is 1. The summed E-state index contributed by atoms with van der Waals surface area (Å²) in [5, 5.41) is 4.87. The van der Waals surface area contributed by atoms with Crippen molar-refractivity contribution in [1.82, 2.24) is 0 Å². The number of nitrogens with one attached hydrogen (secondary N) is 1. The van der Waals surface area contributed by atoms with Crippen LogP contribution < -0.4 is 10.3 Å². The number of fused-ring (bicyclic) bond motifs is 1. The number of esters is 1. The molecule has 0 saturated heterocycles. The molecule has 0 atom stereocenters. The Balaban J connectivity index is 1.94. The number of halogens is 1. The second kappa shape index (κ2) is 8.03. The van der Waals surface area contributed by atoms with Gasteiger partial charge in [-0.05, 0) is 43.5 Å². The molecule has 2 aromatic rings. The summed E-state index contributed by atoms with van der Waals surface area (Å²) in [6.45, 7) is 2.78. The standard InChI is InChI=1S/C19H20ClN3O2/c1-2-25-19(24)18(22-21-16-11-5-4-10-15(16)20)23-13-7-9-14-8-3-6-12-17(14)23/h3-6,8,10-12,21H,2,7,9,13H2,1H3. The van der Waals surface area contributed by atoms with E-state index in [1.54, 1.807) is 19.1 Å². The molecule has 6 heteroatoms. The number of carbonyl (C=O) groups is 1. The molecular formula is C19H20ClN3O2. The minimum Gasteiger partial charge on any atom is -0.460 e. The first-order chi connectivity index (χ1) is 12.2. The van der Waals surface area contributed by atoms with Crippen LogP contribution >= 0.6 is 11.6 Å². The number of aryl methyl sites for hydroxylation is 1. The van der Waals surface area contributed by atoms with Crippen molar-refractivity contribution in [1.29, 1.82) is 0 Å². The van der Waals surface area contributed by atoms with Gasteiger partial charge < -0.3 is 9.64 Å². The van der Waals surface area contributed by atoms with E-state index in [-0.39, 0.29) is 5.84 Å². The summed E-state index contributed by atoms with van der Waals surface area (Å²) in [4.78, 5) is 14.4. The largest absolute Gasteiger partial charge is 0.460 e. The Morgan fingerprint density at radius 1 is 1.24 bits per heavy atom. The minimum atomic E-state index is -0.459. The van der Waals surface area contributed by atoms with E-state index in [0.717, 1.165) is 18.5 Å². The van der Waals surface area contributed by atoms with Crippen LogP contribution in [0.3, 0.4) is 0 Å². The molecule has 0 aromatic heterocycles. The molecule has 0 aliphatic carbocycles. The van der Waals surface area contributed by atoms with Gasteiger partial charge in [0.25, 0.3) is 0 Å². The fourth-order valence-electron chi connectivity index (χ4n) is 2.83. The number of amidine groups is 1. The van der Waals surface area contributed by atoms with Crippen molar-refractivity contribution in [2.24, 2.45) is 5.10 Å². The number of ether oxygens (including phenoxy) is 1. The van der Waals surface area contributed by atoms with Gasteiger partial charge in [-0.15, -0.1) is 5.10 Å². The molecule has 0 fully saturated rings. The van der Waals surface area contributed by atoms with Crippen LogP contribution in [0.15, 0.2) is 53.6 Å². The molecule has 1 aliphatic rings. The Kier molecular flexibility index (Phi) is 5.56. The molecular weight excluding hydrogens is 338 g/mol. The highest BCUT2D eigenvalue weighted by Crippen LogP contribution is 2.27. The van der Waals surface area contributed by atoms with Crippen molar-refractivity contribution < 1.29 is 9.53 Å². The summed E-state index contributed by atoms with van der Waals surface area (Å²) >= 11 is 6.15. The number of hydrogen-bond acceptors (Lipinski definition) is 4. The first-order valence-electron chi connectivity index (χ1n) is 8.31.